The second kappa shape index (κ2) is 4.28. The van der Waals surface area contributed by atoms with E-state index in [-0.39, 0.29) is 0 Å². The van der Waals surface area contributed by atoms with Crippen molar-refractivity contribution in [3.63, 3.8) is 0 Å². The number of fused-ring (bicyclic) bond motifs is 3. The van der Waals surface area contributed by atoms with Crippen LogP contribution in [0.2, 0.25) is 0 Å². The average Bonchev–Trinajstić information content (AvgIpc) is 3.30. The van der Waals surface area contributed by atoms with Gasteiger partial charge < -0.3 is 0 Å². The number of rotatable bonds is 0. The molecule has 2 atom stereocenters. The molecule has 0 fully saturated rings. The van der Waals surface area contributed by atoms with E-state index in [0.717, 1.165) is 11.3 Å². The van der Waals surface area contributed by atoms with Crippen molar-refractivity contribution >= 4 is 48.1 Å². The van der Waals surface area contributed by atoms with Crippen molar-refractivity contribution in [2.45, 2.75) is 12.0 Å². The molecule has 3 aliphatic heterocycles. The predicted molar refractivity (Wildman–Crippen MR) is 110 cm³/mol. The minimum absolute atomic E-state index is 0.342. The molecule has 2 aromatic carbocycles. The van der Waals surface area contributed by atoms with E-state index in [1.165, 1.54) is 31.3 Å². The summed E-state index contributed by atoms with van der Waals surface area (Å²) in [6.07, 6.45) is 9.09. The van der Waals surface area contributed by atoms with Crippen molar-refractivity contribution in [3.8, 4) is 0 Å². The number of halogens is 1. The minimum atomic E-state index is -1.60. The van der Waals surface area contributed by atoms with Gasteiger partial charge in [0.05, 0.1) is 0 Å². The summed E-state index contributed by atoms with van der Waals surface area (Å²) >= 11 is -1.60. The normalized spacial score (nSPS) is 24.8. The van der Waals surface area contributed by atoms with Gasteiger partial charge in [0.2, 0.25) is 0 Å². The third-order valence-corrected chi connectivity index (χ3v) is 11.2. The molecule has 0 saturated carbocycles. The van der Waals surface area contributed by atoms with Crippen LogP contribution in [0.25, 0.3) is 22.6 Å². The van der Waals surface area contributed by atoms with Gasteiger partial charge in [0.15, 0.2) is 0 Å². The molecule has 2 unspecified atom stereocenters. The van der Waals surface area contributed by atoms with Crippen LogP contribution in [0.15, 0.2) is 63.1 Å². The second-order valence-electron chi connectivity index (χ2n) is 6.92. The monoisotopic (exact) mass is 435 g/mol. The van der Waals surface area contributed by atoms with Crippen molar-refractivity contribution in [2.24, 2.45) is 0 Å². The number of hydrogen-bond acceptors (Lipinski definition) is 2. The number of benzene rings is 2. The van der Waals surface area contributed by atoms with Crippen molar-refractivity contribution < 1.29 is 4.42 Å². The van der Waals surface area contributed by atoms with Crippen LogP contribution in [0.3, 0.4) is 0 Å². The van der Waals surface area contributed by atoms with Crippen LogP contribution in [-0.4, -0.2) is 6.04 Å². The van der Waals surface area contributed by atoms with Crippen LogP contribution in [0.1, 0.15) is 22.8 Å². The van der Waals surface area contributed by atoms with Crippen LogP contribution < -0.4 is 5.32 Å². The fraction of sp³-hybridized carbons (Fsp3) is 0.0909. The molecule has 120 valence electrons. The standard InChI is InChI=1S/C22H14INO/c1-2-6-14-12(4-1)13-5-3-7-15-19(13)20-16(24-15)8-9-17-21(20)22-18(25-17)10-11-23(14)22/h1-11,15,19,24H. The molecule has 0 saturated heterocycles. The molecule has 7 rings (SSSR count). The molecule has 3 heteroatoms. The summed E-state index contributed by atoms with van der Waals surface area (Å²) in [4.78, 5) is 0. The fourth-order valence-electron chi connectivity index (χ4n) is 4.77. The molecule has 2 nitrogen and oxygen atoms in total. The Morgan fingerprint density at radius 3 is 3.04 bits per heavy atom. The Bertz CT molecular complexity index is 1200. The van der Waals surface area contributed by atoms with Crippen molar-refractivity contribution in [3.05, 3.63) is 82.7 Å². The molecule has 1 N–H and O–H groups in total. The Kier molecular flexibility index (Phi) is 2.22. The van der Waals surface area contributed by atoms with Gasteiger partial charge in [-0.3, -0.25) is 0 Å². The van der Waals surface area contributed by atoms with Gasteiger partial charge in [-0.05, 0) is 0 Å². The predicted octanol–water partition coefficient (Wildman–Crippen LogP) is 5.81. The first-order valence-electron chi connectivity index (χ1n) is 8.60. The van der Waals surface area contributed by atoms with E-state index in [1.807, 2.05) is 0 Å². The number of furan rings is 1. The van der Waals surface area contributed by atoms with E-state index in [2.05, 4.69) is 70.1 Å². The molecule has 4 heterocycles. The summed E-state index contributed by atoms with van der Waals surface area (Å²) in [5, 5.41) is 5.15. The van der Waals surface area contributed by atoms with Crippen LogP contribution in [0.5, 0.6) is 0 Å². The van der Waals surface area contributed by atoms with Crippen molar-refractivity contribution in [2.75, 3.05) is 5.32 Å². The van der Waals surface area contributed by atoms with Crippen LogP contribution in [0, 0.1) is 7.14 Å². The molecule has 0 spiro atoms. The quantitative estimate of drug-likeness (QED) is 0.451. The van der Waals surface area contributed by atoms with Crippen LogP contribution in [0.4, 0.5) is 5.69 Å². The molecule has 0 radical (unpaired) electrons. The first kappa shape index (κ1) is 13.0. The van der Waals surface area contributed by atoms with Crippen molar-refractivity contribution in [1.29, 1.82) is 0 Å². The molecular weight excluding hydrogens is 421 g/mol. The molecule has 0 bridgehead atoms. The van der Waals surface area contributed by atoms with Gasteiger partial charge in [-0.2, -0.15) is 0 Å². The zero-order valence-electron chi connectivity index (χ0n) is 13.3. The average molecular weight is 435 g/mol. The maximum absolute atomic E-state index is 6.27. The molecule has 0 amide bonds. The molecule has 4 aliphatic rings. The van der Waals surface area contributed by atoms with E-state index in [9.17, 15) is 0 Å². The summed E-state index contributed by atoms with van der Waals surface area (Å²) < 4.78 is 11.8. The van der Waals surface area contributed by atoms with E-state index < -0.39 is 19.8 Å². The Morgan fingerprint density at radius 1 is 1.08 bits per heavy atom. The molecule has 1 aliphatic carbocycles. The van der Waals surface area contributed by atoms with Crippen molar-refractivity contribution in [1.82, 2.24) is 0 Å². The van der Waals surface area contributed by atoms with Gasteiger partial charge in [-0.15, -0.1) is 0 Å². The Balaban J connectivity index is 1.73. The summed E-state index contributed by atoms with van der Waals surface area (Å²) in [7, 11) is 0. The van der Waals surface area contributed by atoms with E-state index in [1.54, 1.807) is 3.57 Å². The molecular formula is C22H14INO. The van der Waals surface area contributed by atoms with E-state index >= 15 is 0 Å². The van der Waals surface area contributed by atoms with Gasteiger partial charge in [0, 0.05) is 0 Å². The SMILES string of the molecule is C1=CC2Nc3ccc4oc5c6c4c3C2C(=C1)c1ccccc1I6C=C5. The first-order valence-corrected chi connectivity index (χ1v) is 12.0. The van der Waals surface area contributed by atoms with E-state index in [0.29, 0.717) is 12.0 Å². The molecule has 1 aromatic heterocycles. The number of allylic oxidation sites excluding steroid dienone is 2. The summed E-state index contributed by atoms with van der Waals surface area (Å²) in [5.41, 5.74) is 6.72. The topological polar surface area (TPSA) is 25.2 Å². The van der Waals surface area contributed by atoms with Gasteiger partial charge in [0.25, 0.3) is 0 Å². The number of anilines is 1. The Labute approximate surface area is 152 Å². The van der Waals surface area contributed by atoms with Crippen LogP contribution >= 0.6 is 19.8 Å². The van der Waals surface area contributed by atoms with E-state index in [4.69, 9.17) is 4.42 Å². The number of nitrogens with one attached hydrogen (secondary N) is 1. The van der Waals surface area contributed by atoms with Gasteiger partial charge in [0.1, 0.15) is 0 Å². The van der Waals surface area contributed by atoms with Gasteiger partial charge >= 0.3 is 153 Å². The second-order valence-corrected chi connectivity index (χ2v) is 11.7. The zero-order chi connectivity index (χ0) is 16.1. The number of hydrogen-bond donors (Lipinski definition) is 1. The molecule has 3 aromatic rings. The third kappa shape index (κ3) is 1.44. The van der Waals surface area contributed by atoms with Crippen LogP contribution in [-0.2, 0) is 0 Å². The fourth-order valence-corrected chi connectivity index (χ4v) is 10.5. The molecule has 25 heavy (non-hydrogen) atoms. The maximum atomic E-state index is 6.27. The third-order valence-electron chi connectivity index (χ3n) is 5.73. The summed E-state index contributed by atoms with van der Waals surface area (Å²) in [5.74, 6) is 1.48. The summed E-state index contributed by atoms with van der Waals surface area (Å²) in [6.45, 7) is 0. The van der Waals surface area contributed by atoms with Gasteiger partial charge in [-0.25, -0.2) is 0 Å². The zero-order valence-corrected chi connectivity index (χ0v) is 15.4. The first-order chi connectivity index (χ1) is 12.4. The Morgan fingerprint density at radius 2 is 2.04 bits per heavy atom. The Hall–Kier alpha value is -2.27. The summed E-state index contributed by atoms with van der Waals surface area (Å²) in [6, 6.07) is 13.8. The van der Waals surface area contributed by atoms with Gasteiger partial charge in [-0.1, -0.05) is 0 Å².